The molecule has 0 aliphatic heterocycles. The first-order valence-electron chi connectivity index (χ1n) is 7.41. The van der Waals surface area contributed by atoms with Crippen LogP contribution in [0, 0.1) is 6.92 Å². The number of halogens is 1. The van der Waals surface area contributed by atoms with Gasteiger partial charge in [-0.05, 0) is 71.2 Å². The molecule has 0 saturated carbocycles. The Hall–Kier alpha value is -1.32. The Labute approximate surface area is 135 Å². The van der Waals surface area contributed by atoms with E-state index in [-0.39, 0.29) is 0 Å². The number of benzene rings is 2. The van der Waals surface area contributed by atoms with Crippen LogP contribution in [0.3, 0.4) is 0 Å². The van der Waals surface area contributed by atoms with Crippen molar-refractivity contribution in [3.8, 4) is 11.5 Å². The summed E-state index contributed by atoms with van der Waals surface area (Å²) in [6, 6.07) is 14.8. The topological polar surface area (TPSA) is 21.3 Å². The molecule has 112 valence electrons. The molecule has 2 nitrogen and oxygen atoms in total. The standard InChI is InChI=1S/C18H22BrNO/c1-4-17(20-5-2)14-7-9-15(10-8-14)21-18-11-6-13(3)12-16(18)19/h6-12,17,20H,4-5H2,1-3H3. The Balaban J connectivity index is 2.11. The second-order valence-corrected chi connectivity index (χ2v) is 5.98. The first-order valence-corrected chi connectivity index (χ1v) is 8.20. The van der Waals surface area contributed by atoms with E-state index in [1.165, 1.54) is 11.1 Å². The average molecular weight is 348 g/mol. The summed E-state index contributed by atoms with van der Waals surface area (Å²) in [5.41, 5.74) is 2.51. The minimum atomic E-state index is 0.412. The lowest BCUT2D eigenvalue weighted by molar-refractivity contribution is 0.478. The van der Waals surface area contributed by atoms with Crippen LogP contribution in [0.5, 0.6) is 11.5 Å². The van der Waals surface area contributed by atoms with E-state index in [2.05, 4.69) is 60.2 Å². The van der Waals surface area contributed by atoms with Gasteiger partial charge >= 0.3 is 0 Å². The summed E-state index contributed by atoms with van der Waals surface area (Å²) in [6.45, 7) is 7.37. The molecule has 0 aliphatic rings. The molecule has 0 amide bonds. The molecule has 3 heteroatoms. The SMILES string of the molecule is CCNC(CC)c1ccc(Oc2ccc(C)cc2Br)cc1. The first-order chi connectivity index (χ1) is 10.1. The van der Waals surface area contributed by atoms with Crippen LogP contribution in [0.4, 0.5) is 0 Å². The van der Waals surface area contributed by atoms with Crippen LogP contribution < -0.4 is 10.1 Å². The molecule has 0 aromatic heterocycles. The third-order valence-electron chi connectivity index (χ3n) is 3.46. The zero-order valence-electron chi connectivity index (χ0n) is 12.8. The summed E-state index contributed by atoms with van der Waals surface area (Å²) in [5, 5.41) is 3.48. The normalized spacial score (nSPS) is 12.2. The van der Waals surface area contributed by atoms with E-state index in [4.69, 9.17) is 4.74 Å². The van der Waals surface area contributed by atoms with Gasteiger partial charge in [0.1, 0.15) is 11.5 Å². The largest absolute Gasteiger partial charge is 0.456 e. The smallest absolute Gasteiger partial charge is 0.141 e. The van der Waals surface area contributed by atoms with Crippen molar-refractivity contribution in [1.82, 2.24) is 5.32 Å². The Bertz CT molecular complexity index is 580. The van der Waals surface area contributed by atoms with Gasteiger partial charge < -0.3 is 10.1 Å². The molecule has 0 heterocycles. The molecule has 2 aromatic rings. The molecule has 0 bridgehead atoms. The maximum atomic E-state index is 5.93. The summed E-state index contributed by atoms with van der Waals surface area (Å²) >= 11 is 3.54. The van der Waals surface area contributed by atoms with Crippen molar-refractivity contribution in [2.24, 2.45) is 0 Å². The number of nitrogens with one attached hydrogen (secondary N) is 1. The molecule has 2 rings (SSSR count). The monoisotopic (exact) mass is 347 g/mol. The summed E-state index contributed by atoms with van der Waals surface area (Å²) < 4.78 is 6.90. The van der Waals surface area contributed by atoms with Crippen LogP contribution in [-0.4, -0.2) is 6.54 Å². The van der Waals surface area contributed by atoms with Gasteiger partial charge in [-0.3, -0.25) is 0 Å². The molecule has 0 fully saturated rings. The highest BCUT2D eigenvalue weighted by Gasteiger charge is 2.08. The van der Waals surface area contributed by atoms with Gasteiger partial charge in [0, 0.05) is 6.04 Å². The van der Waals surface area contributed by atoms with Crippen LogP contribution >= 0.6 is 15.9 Å². The van der Waals surface area contributed by atoms with Crippen molar-refractivity contribution in [3.05, 3.63) is 58.1 Å². The van der Waals surface area contributed by atoms with Gasteiger partial charge in [0.15, 0.2) is 0 Å². The quantitative estimate of drug-likeness (QED) is 0.733. The number of aryl methyl sites for hydroxylation is 1. The fourth-order valence-electron chi connectivity index (χ4n) is 2.33. The van der Waals surface area contributed by atoms with Gasteiger partial charge in [-0.1, -0.05) is 32.0 Å². The number of hydrogen-bond acceptors (Lipinski definition) is 2. The third kappa shape index (κ3) is 4.32. The molecule has 0 radical (unpaired) electrons. The summed E-state index contributed by atoms with van der Waals surface area (Å²) in [4.78, 5) is 0. The molecule has 0 saturated heterocycles. The maximum absolute atomic E-state index is 5.93. The third-order valence-corrected chi connectivity index (χ3v) is 4.08. The van der Waals surface area contributed by atoms with Crippen LogP contribution in [-0.2, 0) is 0 Å². The van der Waals surface area contributed by atoms with Gasteiger partial charge in [0.05, 0.1) is 4.47 Å². The van der Waals surface area contributed by atoms with E-state index in [1.807, 2.05) is 24.3 Å². The molecule has 0 aliphatic carbocycles. The van der Waals surface area contributed by atoms with E-state index in [0.29, 0.717) is 6.04 Å². The Morgan fingerprint density at radius 2 is 1.81 bits per heavy atom. The van der Waals surface area contributed by atoms with Gasteiger partial charge in [0.25, 0.3) is 0 Å². The van der Waals surface area contributed by atoms with Crippen molar-refractivity contribution >= 4 is 15.9 Å². The second kappa shape index (κ2) is 7.62. The molecule has 21 heavy (non-hydrogen) atoms. The molecular weight excluding hydrogens is 326 g/mol. The Kier molecular flexibility index (Phi) is 5.83. The fraction of sp³-hybridized carbons (Fsp3) is 0.333. The number of ether oxygens (including phenoxy) is 1. The Morgan fingerprint density at radius 1 is 1.10 bits per heavy atom. The summed E-state index contributed by atoms with van der Waals surface area (Å²) in [5.74, 6) is 1.70. The van der Waals surface area contributed by atoms with Crippen molar-refractivity contribution in [3.63, 3.8) is 0 Å². The molecular formula is C18H22BrNO. The number of rotatable bonds is 6. The molecule has 1 unspecified atom stereocenters. The summed E-state index contributed by atoms with van der Waals surface area (Å²) in [6.07, 6.45) is 1.08. The predicted molar refractivity (Wildman–Crippen MR) is 92.1 cm³/mol. The van der Waals surface area contributed by atoms with Crippen LogP contribution in [0.15, 0.2) is 46.9 Å². The maximum Gasteiger partial charge on any atom is 0.141 e. The number of hydrogen-bond donors (Lipinski definition) is 1. The van der Waals surface area contributed by atoms with Crippen LogP contribution in [0.25, 0.3) is 0 Å². The zero-order valence-corrected chi connectivity index (χ0v) is 14.4. The fourth-order valence-corrected chi connectivity index (χ4v) is 2.90. The molecule has 2 aromatic carbocycles. The predicted octanol–water partition coefficient (Wildman–Crippen LogP) is 5.61. The zero-order chi connectivity index (χ0) is 15.2. The van der Waals surface area contributed by atoms with Crippen molar-refractivity contribution in [1.29, 1.82) is 0 Å². The van der Waals surface area contributed by atoms with E-state index in [0.717, 1.165) is 28.9 Å². The van der Waals surface area contributed by atoms with Gasteiger partial charge in [-0.15, -0.1) is 0 Å². The Morgan fingerprint density at radius 3 is 2.38 bits per heavy atom. The van der Waals surface area contributed by atoms with E-state index < -0.39 is 0 Å². The lowest BCUT2D eigenvalue weighted by Gasteiger charge is -2.16. The van der Waals surface area contributed by atoms with Crippen LogP contribution in [0.2, 0.25) is 0 Å². The van der Waals surface area contributed by atoms with Crippen molar-refractivity contribution < 1.29 is 4.74 Å². The highest BCUT2D eigenvalue weighted by Crippen LogP contribution is 2.31. The second-order valence-electron chi connectivity index (χ2n) is 5.12. The molecule has 1 N–H and O–H groups in total. The van der Waals surface area contributed by atoms with E-state index >= 15 is 0 Å². The highest BCUT2D eigenvalue weighted by molar-refractivity contribution is 9.10. The van der Waals surface area contributed by atoms with E-state index in [9.17, 15) is 0 Å². The lowest BCUT2D eigenvalue weighted by Crippen LogP contribution is -2.19. The van der Waals surface area contributed by atoms with Crippen molar-refractivity contribution in [2.75, 3.05) is 6.54 Å². The van der Waals surface area contributed by atoms with Gasteiger partial charge in [-0.2, -0.15) is 0 Å². The van der Waals surface area contributed by atoms with Crippen LogP contribution in [0.1, 0.15) is 37.4 Å². The van der Waals surface area contributed by atoms with Crippen molar-refractivity contribution in [2.45, 2.75) is 33.2 Å². The minimum Gasteiger partial charge on any atom is -0.456 e. The molecule has 1 atom stereocenters. The first kappa shape index (κ1) is 16.1. The summed E-state index contributed by atoms with van der Waals surface area (Å²) in [7, 11) is 0. The minimum absolute atomic E-state index is 0.412. The van der Waals surface area contributed by atoms with Gasteiger partial charge in [-0.25, -0.2) is 0 Å². The lowest BCUT2D eigenvalue weighted by atomic mass is 10.0. The average Bonchev–Trinajstić information content (AvgIpc) is 2.48. The van der Waals surface area contributed by atoms with Gasteiger partial charge in [0.2, 0.25) is 0 Å². The highest BCUT2D eigenvalue weighted by atomic mass is 79.9. The molecule has 0 spiro atoms. The van der Waals surface area contributed by atoms with E-state index in [1.54, 1.807) is 0 Å².